The summed E-state index contributed by atoms with van der Waals surface area (Å²) < 4.78 is 13.9. The van der Waals surface area contributed by atoms with Crippen molar-refractivity contribution in [2.75, 3.05) is 13.6 Å². The molecule has 0 fully saturated rings. The minimum absolute atomic E-state index is 0.0188. The molecule has 2 aromatic rings. The van der Waals surface area contributed by atoms with Gasteiger partial charge < -0.3 is 5.73 Å². The largest absolute Gasteiger partial charge is 0.329 e. The summed E-state index contributed by atoms with van der Waals surface area (Å²) in [4.78, 5) is 2.13. The van der Waals surface area contributed by atoms with Crippen LogP contribution in [0.3, 0.4) is 0 Å². The normalized spacial score (nSPS) is 14.6. The molecular formula is C15H19FN2S. The number of hydrogen-bond donors (Lipinski definition) is 1. The Hall–Kier alpha value is -1.23. The smallest absolute Gasteiger partial charge is 0.127 e. The number of halogens is 1. The molecule has 0 aliphatic heterocycles. The third kappa shape index (κ3) is 3.03. The summed E-state index contributed by atoms with van der Waals surface area (Å²) in [6.45, 7) is 2.53. The summed E-state index contributed by atoms with van der Waals surface area (Å²) in [6.07, 6.45) is 0. The van der Waals surface area contributed by atoms with Crippen LogP contribution in [0.15, 0.2) is 41.1 Å². The van der Waals surface area contributed by atoms with Gasteiger partial charge in [-0.15, -0.1) is 0 Å². The van der Waals surface area contributed by atoms with Gasteiger partial charge in [0.1, 0.15) is 5.82 Å². The van der Waals surface area contributed by atoms with Gasteiger partial charge in [-0.3, -0.25) is 4.90 Å². The van der Waals surface area contributed by atoms with Crippen LogP contribution in [0.2, 0.25) is 0 Å². The molecule has 0 saturated carbocycles. The molecule has 0 aliphatic rings. The fourth-order valence-electron chi connectivity index (χ4n) is 2.31. The van der Waals surface area contributed by atoms with Crippen molar-refractivity contribution >= 4 is 11.3 Å². The Morgan fingerprint density at radius 1 is 1.32 bits per heavy atom. The van der Waals surface area contributed by atoms with Crippen molar-refractivity contribution in [3.63, 3.8) is 0 Å². The second kappa shape index (κ2) is 6.28. The van der Waals surface area contributed by atoms with Gasteiger partial charge in [0.05, 0.1) is 0 Å². The van der Waals surface area contributed by atoms with E-state index < -0.39 is 0 Å². The maximum Gasteiger partial charge on any atom is 0.127 e. The Balaban J connectivity index is 2.23. The van der Waals surface area contributed by atoms with Gasteiger partial charge in [0.15, 0.2) is 0 Å². The van der Waals surface area contributed by atoms with Gasteiger partial charge in [-0.25, -0.2) is 4.39 Å². The van der Waals surface area contributed by atoms with Gasteiger partial charge >= 0.3 is 0 Å². The first kappa shape index (κ1) is 14.2. The van der Waals surface area contributed by atoms with Gasteiger partial charge in [-0.2, -0.15) is 11.3 Å². The number of nitrogens with zero attached hydrogens (tertiary/aromatic N) is 1. The number of nitrogens with two attached hydrogens (primary N) is 1. The van der Waals surface area contributed by atoms with Crippen molar-refractivity contribution in [1.29, 1.82) is 0 Å². The third-order valence-electron chi connectivity index (χ3n) is 3.61. The van der Waals surface area contributed by atoms with Crippen molar-refractivity contribution < 1.29 is 4.39 Å². The highest BCUT2D eigenvalue weighted by atomic mass is 32.1. The quantitative estimate of drug-likeness (QED) is 0.905. The highest BCUT2D eigenvalue weighted by molar-refractivity contribution is 7.07. The highest BCUT2D eigenvalue weighted by Crippen LogP contribution is 2.30. The molecule has 2 nitrogen and oxygen atoms in total. The number of benzene rings is 1. The summed E-state index contributed by atoms with van der Waals surface area (Å²) in [5, 5.41) is 4.14. The molecular weight excluding hydrogens is 259 g/mol. The summed E-state index contributed by atoms with van der Waals surface area (Å²) in [7, 11) is 1.99. The molecule has 0 bridgehead atoms. The minimum Gasteiger partial charge on any atom is -0.329 e. The fraction of sp³-hybridized carbons (Fsp3) is 0.333. The molecule has 1 aromatic heterocycles. The first-order valence-corrected chi connectivity index (χ1v) is 7.28. The summed E-state index contributed by atoms with van der Waals surface area (Å²) in [5.41, 5.74) is 7.79. The van der Waals surface area contributed by atoms with Gasteiger partial charge in [0.2, 0.25) is 0 Å². The SMILES string of the molecule is CC(c1ccccc1F)N(C)C(CN)c1ccsc1. The lowest BCUT2D eigenvalue weighted by atomic mass is 10.0. The first-order valence-electron chi connectivity index (χ1n) is 6.33. The van der Waals surface area contributed by atoms with Gasteiger partial charge in [0.25, 0.3) is 0 Å². The number of likely N-dealkylation sites (N-methyl/N-ethyl adjacent to an activating group) is 1. The van der Waals surface area contributed by atoms with Crippen LogP contribution in [0.5, 0.6) is 0 Å². The zero-order chi connectivity index (χ0) is 13.8. The Bertz CT molecular complexity index is 513. The lowest BCUT2D eigenvalue weighted by molar-refractivity contribution is 0.187. The van der Waals surface area contributed by atoms with E-state index in [0.29, 0.717) is 12.1 Å². The molecule has 19 heavy (non-hydrogen) atoms. The zero-order valence-corrected chi connectivity index (χ0v) is 12.0. The molecule has 2 unspecified atom stereocenters. The van der Waals surface area contributed by atoms with Crippen LogP contribution in [0.1, 0.15) is 30.1 Å². The van der Waals surface area contributed by atoms with E-state index in [0.717, 1.165) is 0 Å². The van der Waals surface area contributed by atoms with Crippen LogP contribution in [0.4, 0.5) is 4.39 Å². The molecule has 4 heteroatoms. The van der Waals surface area contributed by atoms with E-state index in [-0.39, 0.29) is 17.9 Å². The Morgan fingerprint density at radius 2 is 2.05 bits per heavy atom. The molecule has 2 rings (SSSR count). The Labute approximate surface area is 117 Å². The standard InChI is InChI=1S/C15H19FN2S/c1-11(13-5-3-4-6-14(13)16)18(2)15(9-17)12-7-8-19-10-12/h3-8,10-11,15H,9,17H2,1-2H3. The van der Waals surface area contributed by atoms with Gasteiger partial charge in [-0.05, 0) is 42.4 Å². The average Bonchev–Trinajstić information content (AvgIpc) is 2.93. The lowest BCUT2D eigenvalue weighted by Crippen LogP contribution is -2.32. The molecule has 2 N–H and O–H groups in total. The van der Waals surface area contributed by atoms with Crippen LogP contribution >= 0.6 is 11.3 Å². The Morgan fingerprint density at radius 3 is 2.63 bits per heavy atom. The number of hydrogen-bond acceptors (Lipinski definition) is 3. The first-order chi connectivity index (χ1) is 9.15. The summed E-state index contributed by atoms with van der Waals surface area (Å²) >= 11 is 1.66. The lowest BCUT2D eigenvalue weighted by Gasteiger charge is -2.32. The van der Waals surface area contributed by atoms with Gasteiger partial charge in [0, 0.05) is 24.2 Å². The predicted molar refractivity (Wildman–Crippen MR) is 78.7 cm³/mol. The van der Waals surface area contributed by atoms with E-state index in [1.54, 1.807) is 17.4 Å². The van der Waals surface area contributed by atoms with Crippen LogP contribution in [0.25, 0.3) is 0 Å². The van der Waals surface area contributed by atoms with E-state index in [4.69, 9.17) is 5.73 Å². The predicted octanol–water partition coefficient (Wildman–Crippen LogP) is 3.58. The highest BCUT2D eigenvalue weighted by Gasteiger charge is 2.23. The van der Waals surface area contributed by atoms with Crippen LogP contribution < -0.4 is 5.73 Å². The van der Waals surface area contributed by atoms with Crippen LogP contribution in [0, 0.1) is 5.82 Å². The molecule has 0 radical (unpaired) electrons. The Kier molecular flexibility index (Phi) is 4.69. The molecule has 1 aromatic carbocycles. The summed E-state index contributed by atoms with van der Waals surface area (Å²) in [6, 6.07) is 9.08. The molecule has 1 heterocycles. The van der Waals surface area contributed by atoms with Crippen molar-refractivity contribution in [2.45, 2.75) is 19.0 Å². The van der Waals surface area contributed by atoms with Crippen molar-refractivity contribution in [2.24, 2.45) is 5.73 Å². The van der Waals surface area contributed by atoms with Gasteiger partial charge in [-0.1, -0.05) is 18.2 Å². The molecule has 0 aliphatic carbocycles. The van der Waals surface area contributed by atoms with Crippen LogP contribution in [-0.4, -0.2) is 18.5 Å². The molecule has 0 saturated heterocycles. The van der Waals surface area contributed by atoms with E-state index in [1.807, 2.05) is 31.5 Å². The third-order valence-corrected chi connectivity index (χ3v) is 4.31. The topological polar surface area (TPSA) is 29.3 Å². The second-order valence-electron chi connectivity index (χ2n) is 4.67. The number of thiophene rings is 1. The minimum atomic E-state index is -0.164. The van der Waals surface area contributed by atoms with Crippen molar-refractivity contribution in [3.05, 3.63) is 58.0 Å². The summed E-state index contributed by atoms with van der Waals surface area (Å²) in [5.74, 6) is -0.164. The second-order valence-corrected chi connectivity index (χ2v) is 5.45. The maximum absolute atomic E-state index is 13.9. The van der Waals surface area contributed by atoms with E-state index >= 15 is 0 Å². The number of rotatable bonds is 5. The van der Waals surface area contributed by atoms with E-state index in [9.17, 15) is 4.39 Å². The monoisotopic (exact) mass is 278 g/mol. The average molecular weight is 278 g/mol. The fourth-order valence-corrected chi connectivity index (χ4v) is 3.01. The molecule has 0 amide bonds. The van der Waals surface area contributed by atoms with Crippen molar-refractivity contribution in [1.82, 2.24) is 4.90 Å². The molecule has 102 valence electrons. The van der Waals surface area contributed by atoms with E-state index in [2.05, 4.69) is 16.3 Å². The molecule has 0 spiro atoms. The molecule has 2 atom stereocenters. The van der Waals surface area contributed by atoms with E-state index in [1.165, 1.54) is 11.6 Å². The maximum atomic E-state index is 13.9. The zero-order valence-electron chi connectivity index (χ0n) is 11.2. The van der Waals surface area contributed by atoms with Crippen LogP contribution in [-0.2, 0) is 0 Å². The van der Waals surface area contributed by atoms with Crippen molar-refractivity contribution in [3.8, 4) is 0 Å².